The predicted molar refractivity (Wildman–Crippen MR) is 272 cm³/mol. The molecule has 0 amide bonds. The van der Waals surface area contributed by atoms with Gasteiger partial charge in [-0.15, -0.1) is 0 Å². The first-order chi connectivity index (χ1) is 30.8. The van der Waals surface area contributed by atoms with Gasteiger partial charge in [-0.2, -0.15) is 0 Å². The van der Waals surface area contributed by atoms with Crippen LogP contribution in [0.25, 0.3) is 22.3 Å². The van der Waals surface area contributed by atoms with Gasteiger partial charge in [0, 0.05) is 45.9 Å². The summed E-state index contributed by atoms with van der Waals surface area (Å²) in [5.74, 6) is 0. The molecule has 1 aliphatic carbocycles. The highest BCUT2D eigenvalue weighted by molar-refractivity contribution is 6.99. The van der Waals surface area contributed by atoms with E-state index >= 15 is 0 Å². The van der Waals surface area contributed by atoms with Gasteiger partial charge < -0.3 is 15.1 Å². The highest BCUT2D eigenvalue weighted by Crippen LogP contribution is 2.41. The minimum atomic E-state index is -0.0641. The third kappa shape index (κ3) is 7.90. The van der Waals surface area contributed by atoms with Crippen LogP contribution in [0.3, 0.4) is 0 Å². The zero-order valence-corrected chi connectivity index (χ0v) is 36.5. The van der Waals surface area contributed by atoms with Gasteiger partial charge in [-0.25, -0.2) is 0 Å². The van der Waals surface area contributed by atoms with E-state index in [1.807, 2.05) is 0 Å². The molecule has 0 saturated carbocycles. The summed E-state index contributed by atoms with van der Waals surface area (Å²) in [5.41, 5.74) is 19.3. The molecule has 3 nitrogen and oxygen atoms in total. The monoisotopic (exact) mass is 813 g/mol. The second-order valence-corrected chi connectivity index (χ2v) is 17.9. The van der Waals surface area contributed by atoms with Gasteiger partial charge in [0.15, 0.2) is 0 Å². The highest BCUT2D eigenvalue weighted by Gasteiger charge is 2.38. The summed E-state index contributed by atoms with van der Waals surface area (Å²) in [6.45, 7) is 9.04. The minimum Gasteiger partial charge on any atom is -0.379 e. The van der Waals surface area contributed by atoms with Crippen LogP contribution in [-0.4, -0.2) is 12.8 Å². The maximum atomic E-state index is 4.08. The summed E-state index contributed by atoms with van der Waals surface area (Å²) in [6.07, 6.45) is 9.77. The number of benzene rings is 8. The topological polar surface area (TPSA) is 18.5 Å². The van der Waals surface area contributed by atoms with Crippen molar-refractivity contribution in [1.82, 2.24) is 0 Å². The molecule has 1 aliphatic heterocycles. The molecule has 8 aromatic carbocycles. The van der Waals surface area contributed by atoms with Crippen molar-refractivity contribution in [3.63, 3.8) is 0 Å². The number of para-hydroxylation sites is 2. The van der Waals surface area contributed by atoms with E-state index in [9.17, 15) is 0 Å². The van der Waals surface area contributed by atoms with Crippen LogP contribution in [0.4, 0.5) is 39.8 Å². The van der Waals surface area contributed by atoms with Gasteiger partial charge in [-0.05, 0) is 124 Å². The average Bonchev–Trinajstić information content (AvgIpc) is 3.32. The zero-order valence-electron chi connectivity index (χ0n) is 36.5. The maximum Gasteiger partial charge on any atom is 0.249 e. The predicted octanol–water partition coefficient (Wildman–Crippen LogP) is 13.7. The van der Waals surface area contributed by atoms with E-state index in [1.54, 1.807) is 0 Å². The second-order valence-electron chi connectivity index (χ2n) is 17.9. The molecule has 0 radical (unpaired) electrons. The normalized spacial score (nSPS) is 14.3. The first-order valence-electron chi connectivity index (χ1n) is 22.2. The Labute approximate surface area is 373 Å². The SMILES string of the molecule is Cc1cccc2c1B(c1ccc(N(c3ccccc3)c3ccccc3)cc1NC1C=CC=CC1)c1cc(-c3ccccc3)ccc1N2c1cccc(-c2ccc(C(C)(C)C)cc2)c1. The molecule has 0 fully saturated rings. The molecular formula is C59H52BN3. The summed E-state index contributed by atoms with van der Waals surface area (Å²) >= 11 is 0. The van der Waals surface area contributed by atoms with Gasteiger partial charge in [0.2, 0.25) is 6.71 Å². The van der Waals surface area contributed by atoms with Crippen molar-refractivity contribution in [3.05, 3.63) is 230 Å². The van der Waals surface area contributed by atoms with Crippen molar-refractivity contribution in [2.45, 2.75) is 45.6 Å². The van der Waals surface area contributed by atoms with Crippen molar-refractivity contribution in [2.24, 2.45) is 0 Å². The number of anilines is 7. The first kappa shape index (κ1) is 39.8. The van der Waals surface area contributed by atoms with Gasteiger partial charge in [-0.1, -0.05) is 184 Å². The molecule has 10 rings (SSSR count). The Kier molecular flexibility index (Phi) is 10.7. The highest BCUT2D eigenvalue weighted by atomic mass is 15.2. The van der Waals surface area contributed by atoms with Crippen LogP contribution in [0.2, 0.25) is 0 Å². The summed E-state index contributed by atoms with van der Waals surface area (Å²) in [6, 6.07) is 71.5. The van der Waals surface area contributed by atoms with E-state index < -0.39 is 0 Å². The number of allylic oxidation sites excluding steroid dienone is 2. The van der Waals surface area contributed by atoms with Gasteiger partial charge in [0.1, 0.15) is 0 Å². The van der Waals surface area contributed by atoms with Gasteiger partial charge in [-0.3, -0.25) is 0 Å². The smallest absolute Gasteiger partial charge is 0.249 e. The van der Waals surface area contributed by atoms with Crippen LogP contribution in [0, 0.1) is 6.92 Å². The fourth-order valence-electron chi connectivity index (χ4n) is 9.46. The van der Waals surface area contributed by atoms with Crippen molar-refractivity contribution < 1.29 is 0 Å². The largest absolute Gasteiger partial charge is 0.379 e. The molecule has 0 saturated heterocycles. The molecule has 1 unspecified atom stereocenters. The number of fused-ring (bicyclic) bond motifs is 2. The molecule has 1 heterocycles. The molecule has 63 heavy (non-hydrogen) atoms. The van der Waals surface area contributed by atoms with Crippen LogP contribution in [-0.2, 0) is 5.41 Å². The lowest BCUT2D eigenvalue weighted by Gasteiger charge is -2.39. The third-order valence-electron chi connectivity index (χ3n) is 12.7. The zero-order chi connectivity index (χ0) is 42.9. The number of nitrogens with zero attached hydrogens (tertiary/aromatic N) is 2. The molecule has 2 aliphatic rings. The minimum absolute atomic E-state index is 0.0641. The molecule has 1 N–H and O–H groups in total. The summed E-state index contributed by atoms with van der Waals surface area (Å²) < 4.78 is 0. The van der Waals surface area contributed by atoms with Crippen LogP contribution in [0.1, 0.15) is 38.3 Å². The Balaban J connectivity index is 1.18. The quantitative estimate of drug-likeness (QED) is 0.146. The Bertz CT molecular complexity index is 2910. The fourth-order valence-corrected chi connectivity index (χ4v) is 9.46. The number of hydrogen-bond donors (Lipinski definition) is 1. The number of nitrogens with one attached hydrogen (secondary N) is 1. The van der Waals surface area contributed by atoms with E-state index in [0.29, 0.717) is 0 Å². The van der Waals surface area contributed by atoms with Gasteiger partial charge in [0.05, 0.1) is 0 Å². The Hall–Kier alpha value is -7.30. The molecule has 1 atom stereocenters. The molecule has 0 aromatic heterocycles. The van der Waals surface area contributed by atoms with Crippen molar-refractivity contribution >= 4 is 62.9 Å². The molecule has 8 aromatic rings. The third-order valence-corrected chi connectivity index (χ3v) is 12.7. The lowest BCUT2D eigenvalue weighted by molar-refractivity contribution is 0.590. The maximum absolute atomic E-state index is 4.08. The van der Waals surface area contributed by atoms with Crippen LogP contribution < -0.4 is 31.5 Å². The summed E-state index contributed by atoms with van der Waals surface area (Å²) in [7, 11) is 0. The van der Waals surface area contributed by atoms with Crippen molar-refractivity contribution in [3.8, 4) is 22.3 Å². The Morgan fingerprint density at radius 1 is 0.540 bits per heavy atom. The fraction of sp³-hybridized carbons (Fsp3) is 0.119. The van der Waals surface area contributed by atoms with Crippen LogP contribution in [0.15, 0.2) is 218 Å². The first-order valence-corrected chi connectivity index (χ1v) is 22.2. The summed E-state index contributed by atoms with van der Waals surface area (Å²) in [5, 5.41) is 4.08. The Morgan fingerprint density at radius 2 is 1.17 bits per heavy atom. The number of rotatable bonds is 9. The summed E-state index contributed by atoms with van der Waals surface area (Å²) in [4.78, 5) is 4.86. The molecular weight excluding hydrogens is 761 g/mol. The Morgan fingerprint density at radius 3 is 1.86 bits per heavy atom. The standard InChI is InChI=1S/C59H52BN3/c1-42-19-17-30-57-58(42)60(53-37-36-52(41-55(53)61-48-23-11-6-12-24-48)62(49-25-13-7-14-26-49)50-27-15-8-16-28-50)54-40-46(43-20-9-5-10-21-43)33-38-56(54)63(57)51-29-18-22-45(39-51)44-31-34-47(35-32-44)59(2,3)4/h5-23,25-41,48,61H,24H2,1-4H3. The lowest BCUT2D eigenvalue weighted by Crippen LogP contribution is -2.58. The number of aryl methyl sites for hydroxylation is 1. The molecule has 0 spiro atoms. The van der Waals surface area contributed by atoms with Crippen molar-refractivity contribution in [2.75, 3.05) is 15.1 Å². The van der Waals surface area contributed by atoms with Crippen LogP contribution >= 0.6 is 0 Å². The van der Waals surface area contributed by atoms with Gasteiger partial charge in [0.25, 0.3) is 0 Å². The van der Waals surface area contributed by atoms with E-state index in [-0.39, 0.29) is 18.2 Å². The lowest BCUT2D eigenvalue weighted by atomic mass is 9.34. The van der Waals surface area contributed by atoms with E-state index in [1.165, 1.54) is 61.1 Å². The second kappa shape index (κ2) is 16.9. The molecule has 306 valence electrons. The molecule has 4 heteroatoms. The van der Waals surface area contributed by atoms with Gasteiger partial charge >= 0.3 is 0 Å². The van der Waals surface area contributed by atoms with Crippen molar-refractivity contribution in [1.29, 1.82) is 0 Å². The number of hydrogen-bond acceptors (Lipinski definition) is 3. The molecule has 0 bridgehead atoms. The van der Waals surface area contributed by atoms with Crippen LogP contribution in [0.5, 0.6) is 0 Å². The van der Waals surface area contributed by atoms with E-state index in [0.717, 1.165) is 34.9 Å². The average molecular weight is 814 g/mol. The van der Waals surface area contributed by atoms with E-state index in [4.69, 9.17) is 0 Å². The van der Waals surface area contributed by atoms with E-state index in [2.05, 4.69) is 261 Å².